The number of rotatable bonds is 7. The molecule has 1 fully saturated rings. The summed E-state index contributed by atoms with van der Waals surface area (Å²) in [6, 6.07) is 1.16. The second kappa shape index (κ2) is 7.25. The SMILES string of the molecule is CCCNC(CCO)CN1CC(C)CC1C. The van der Waals surface area contributed by atoms with Crippen LogP contribution < -0.4 is 5.32 Å². The highest BCUT2D eigenvalue weighted by Gasteiger charge is 2.27. The van der Waals surface area contributed by atoms with Gasteiger partial charge >= 0.3 is 0 Å². The van der Waals surface area contributed by atoms with Crippen molar-refractivity contribution < 1.29 is 5.11 Å². The second-order valence-corrected chi connectivity index (χ2v) is 5.31. The van der Waals surface area contributed by atoms with Crippen molar-refractivity contribution in [2.75, 3.05) is 26.2 Å². The standard InChI is InChI=1S/C13H28N2O/c1-4-6-14-13(5-7-16)10-15-9-11(2)8-12(15)3/h11-14,16H,4-10H2,1-3H3. The van der Waals surface area contributed by atoms with Crippen LogP contribution in [0.4, 0.5) is 0 Å². The van der Waals surface area contributed by atoms with Gasteiger partial charge in [-0.05, 0) is 38.6 Å². The maximum atomic E-state index is 9.07. The second-order valence-electron chi connectivity index (χ2n) is 5.31. The lowest BCUT2D eigenvalue weighted by molar-refractivity contribution is 0.202. The zero-order chi connectivity index (χ0) is 12.0. The van der Waals surface area contributed by atoms with E-state index >= 15 is 0 Å². The van der Waals surface area contributed by atoms with Crippen LogP contribution in [-0.4, -0.2) is 48.3 Å². The Morgan fingerprint density at radius 3 is 2.69 bits per heavy atom. The lowest BCUT2D eigenvalue weighted by atomic mass is 10.1. The van der Waals surface area contributed by atoms with Crippen molar-refractivity contribution in [2.24, 2.45) is 5.92 Å². The summed E-state index contributed by atoms with van der Waals surface area (Å²) in [6.45, 7) is 10.5. The van der Waals surface area contributed by atoms with Crippen molar-refractivity contribution >= 4 is 0 Å². The average molecular weight is 228 g/mol. The predicted octanol–water partition coefficient (Wildman–Crippen LogP) is 1.47. The summed E-state index contributed by atoms with van der Waals surface area (Å²) in [4.78, 5) is 2.56. The summed E-state index contributed by atoms with van der Waals surface area (Å²) in [5.41, 5.74) is 0. The molecule has 3 heteroatoms. The molecule has 3 atom stereocenters. The van der Waals surface area contributed by atoms with Crippen molar-refractivity contribution in [3.05, 3.63) is 0 Å². The molecule has 0 bridgehead atoms. The molecule has 1 heterocycles. The van der Waals surface area contributed by atoms with Gasteiger partial charge in [-0.15, -0.1) is 0 Å². The van der Waals surface area contributed by atoms with E-state index in [1.54, 1.807) is 0 Å². The third-order valence-electron chi connectivity index (χ3n) is 3.53. The van der Waals surface area contributed by atoms with Gasteiger partial charge in [0.25, 0.3) is 0 Å². The molecule has 1 saturated heterocycles. The van der Waals surface area contributed by atoms with Crippen molar-refractivity contribution in [2.45, 2.75) is 52.1 Å². The van der Waals surface area contributed by atoms with Gasteiger partial charge in [0.2, 0.25) is 0 Å². The van der Waals surface area contributed by atoms with Crippen LogP contribution in [0.2, 0.25) is 0 Å². The number of hydrogen-bond donors (Lipinski definition) is 2. The highest BCUT2D eigenvalue weighted by Crippen LogP contribution is 2.22. The summed E-state index contributed by atoms with van der Waals surface area (Å²) in [5.74, 6) is 0.830. The maximum absolute atomic E-state index is 9.07. The minimum absolute atomic E-state index is 0.291. The first kappa shape index (κ1) is 13.9. The molecule has 0 saturated carbocycles. The van der Waals surface area contributed by atoms with Crippen LogP contribution in [0.1, 0.15) is 40.0 Å². The highest BCUT2D eigenvalue weighted by atomic mass is 16.3. The number of aliphatic hydroxyl groups is 1. The van der Waals surface area contributed by atoms with E-state index in [2.05, 4.69) is 31.0 Å². The lowest BCUT2D eigenvalue weighted by Gasteiger charge is -2.27. The Balaban J connectivity index is 2.35. The zero-order valence-electron chi connectivity index (χ0n) is 11.1. The maximum Gasteiger partial charge on any atom is 0.0446 e. The first-order valence-corrected chi connectivity index (χ1v) is 6.75. The Hall–Kier alpha value is -0.120. The van der Waals surface area contributed by atoms with E-state index in [0.717, 1.165) is 31.8 Å². The molecular formula is C13H28N2O. The number of likely N-dealkylation sites (tertiary alicyclic amines) is 1. The molecule has 0 radical (unpaired) electrons. The lowest BCUT2D eigenvalue weighted by Crippen LogP contribution is -2.43. The molecule has 0 spiro atoms. The fourth-order valence-electron chi connectivity index (χ4n) is 2.69. The number of nitrogens with zero attached hydrogens (tertiary/aromatic N) is 1. The van der Waals surface area contributed by atoms with Gasteiger partial charge in [0.15, 0.2) is 0 Å². The number of nitrogens with one attached hydrogen (secondary N) is 1. The Morgan fingerprint density at radius 1 is 1.44 bits per heavy atom. The molecule has 3 nitrogen and oxygen atoms in total. The first-order chi connectivity index (χ1) is 7.67. The summed E-state index contributed by atoms with van der Waals surface area (Å²) in [6.07, 6.45) is 3.35. The molecule has 0 aromatic heterocycles. The van der Waals surface area contributed by atoms with Crippen LogP contribution in [0.3, 0.4) is 0 Å². The molecule has 1 aliphatic heterocycles. The normalized spacial score (nSPS) is 28.5. The Morgan fingerprint density at radius 2 is 2.19 bits per heavy atom. The van der Waals surface area contributed by atoms with Gasteiger partial charge < -0.3 is 10.4 Å². The van der Waals surface area contributed by atoms with Gasteiger partial charge in [0.05, 0.1) is 0 Å². The molecule has 2 N–H and O–H groups in total. The van der Waals surface area contributed by atoms with Gasteiger partial charge in [-0.25, -0.2) is 0 Å². The van der Waals surface area contributed by atoms with E-state index in [4.69, 9.17) is 5.11 Å². The van der Waals surface area contributed by atoms with Crippen molar-refractivity contribution in [1.29, 1.82) is 0 Å². The monoisotopic (exact) mass is 228 g/mol. The third kappa shape index (κ3) is 4.40. The molecule has 0 amide bonds. The van der Waals surface area contributed by atoms with Gasteiger partial charge in [0, 0.05) is 31.8 Å². The fourth-order valence-corrected chi connectivity index (χ4v) is 2.69. The van der Waals surface area contributed by atoms with Crippen LogP contribution in [0, 0.1) is 5.92 Å². The fraction of sp³-hybridized carbons (Fsp3) is 1.00. The Kier molecular flexibility index (Phi) is 6.32. The van der Waals surface area contributed by atoms with Gasteiger partial charge in [-0.3, -0.25) is 4.90 Å². The largest absolute Gasteiger partial charge is 0.396 e. The topological polar surface area (TPSA) is 35.5 Å². The summed E-state index contributed by atoms with van der Waals surface area (Å²) < 4.78 is 0. The zero-order valence-corrected chi connectivity index (χ0v) is 11.1. The molecule has 1 aliphatic rings. The minimum atomic E-state index is 0.291. The third-order valence-corrected chi connectivity index (χ3v) is 3.53. The molecule has 96 valence electrons. The number of hydrogen-bond acceptors (Lipinski definition) is 3. The summed E-state index contributed by atoms with van der Waals surface area (Å²) in [5, 5.41) is 12.6. The van der Waals surface area contributed by atoms with Gasteiger partial charge in [-0.1, -0.05) is 13.8 Å². The van der Waals surface area contributed by atoms with Crippen LogP contribution in [-0.2, 0) is 0 Å². The molecule has 1 rings (SSSR count). The summed E-state index contributed by atoms with van der Waals surface area (Å²) in [7, 11) is 0. The smallest absolute Gasteiger partial charge is 0.0446 e. The van der Waals surface area contributed by atoms with Crippen molar-refractivity contribution in [3.63, 3.8) is 0 Å². The van der Waals surface area contributed by atoms with Gasteiger partial charge in [-0.2, -0.15) is 0 Å². The van der Waals surface area contributed by atoms with Crippen molar-refractivity contribution in [3.8, 4) is 0 Å². The minimum Gasteiger partial charge on any atom is -0.396 e. The van der Waals surface area contributed by atoms with Crippen LogP contribution in [0.25, 0.3) is 0 Å². The molecule has 0 aromatic carbocycles. The van der Waals surface area contributed by atoms with Crippen LogP contribution >= 0.6 is 0 Å². The molecule has 16 heavy (non-hydrogen) atoms. The quantitative estimate of drug-likeness (QED) is 0.692. The molecule has 0 aliphatic carbocycles. The molecular weight excluding hydrogens is 200 g/mol. The van der Waals surface area contributed by atoms with E-state index in [9.17, 15) is 0 Å². The molecule has 3 unspecified atom stereocenters. The van der Waals surface area contributed by atoms with E-state index in [-0.39, 0.29) is 0 Å². The van der Waals surface area contributed by atoms with E-state index in [1.165, 1.54) is 13.0 Å². The van der Waals surface area contributed by atoms with Crippen molar-refractivity contribution in [1.82, 2.24) is 10.2 Å². The Bertz CT molecular complexity index is 187. The Labute approximate surface area is 100 Å². The first-order valence-electron chi connectivity index (χ1n) is 6.75. The molecule has 0 aromatic rings. The highest BCUT2D eigenvalue weighted by molar-refractivity contribution is 4.83. The summed E-state index contributed by atoms with van der Waals surface area (Å²) >= 11 is 0. The average Bonchev–Trinajstić information content (AvgIpc) is 2.54. The van der Waals surface area contributed by atoms with Crippen LogP contribution in [0.5, 0.6) is 0 Å². The van der Waals surface area contributed by atoms with E-state index < -0.39 is 0 Å². The van der Waals surface area contributed by atoms with Crippen LogP contribution in [0.15, 0.2) is 0 Å². The predicted molar refractivity (Wildman–Crippen MR) is 68.6 cm³/mol. The number of aliphatic hydroxyl groups excluding tert-OH is 1. The van der Waals surface area contributed by atoms with E-state index in [1.807, 2.05) is 0 Å². The van der Waals surface area contributed by atoms with E-state index in [0.29, 0.717) is 18.7 Å². The van der Waals surface area contributed by atoms with Gasteiger partial charge in [0.1, 0.15) is 0 Å².